The lowest BCUT2D eigenvalue weighted by Crippen LogP contribution is -2.03. The molecule has 0 saturated carbocycles. The van der Waals surface area contributed by atoms with Gasteiger partial charge >= 0.3 is 6.18 Å². The molecule has 2 aromatic carbocycles. The molecule has 2 nitrogen and oxygen atoms in total. The Kier molecular flexibility index (Phi) is 3.41. The number of alkyl halides is 3. The van der Waals surface area contributed by atoms with Crippen LogP contribution in [0, 0.1) is 0 Å². The Morgan fingerprint density at radius 1 is 1.10 bits per heavy atom. The zero-order valence-corrected chi connectivity index (χ0v) is 12.7. The highest BCUT2D eigenvalue weighted by Crippen LogP contribution is 2.38. The maximum absolute atomic E-state index is 12.7. The molecule has 21 heavy (non-hydrogen) atoms. The molecule has 0 aliphatic carbocycles. The van der Waals surface area contributed by atoms with Crippen molar-refractivity contribution in [2.75, 3.05) is 0 Å². The van der Waals surface area contributed by atoms with E-state index in [0.717, 1.165) is 16.6 Å². The number of benzene rings is 2. The first-order valence-corrected chi connectivity index (χ1v) is 7.42. The Morgan fingerprint density at radius 2 is 1.86 bits per heavy atom. The Balaban J connectivity index is 2.15. The summed E-state index contributed by atoms with van der Waals surface area (Å²) in [5.74, 6) is 0.0355. The van der Waals surface area contributed by atoms with E-state index in [9.17, 15) is 18.3 Å². The first-order valence-electron chi connectivity index (χ1n) is 5.81. The lowest BCUT2D eigenvalue weighted by molar-refractivity contribution is -0.137. The van der Waals surface area contributed by atoms with Crippen molar-refractivity contribution in [2.45, 2.75) is 6.18 Å². The van der Waals surface area contributed by atoms with Crippen molar-refractivity contribution in [1.82, 2.24) is 4.98 Å². The first kappa shape index (κ1) is 14.3. The molecule has 0 spiro atoms. The first-order chi connectivity index (χ1) is 9.84. The summed E-state index contributed by atoms with van der Waals surface area (Å²) in [4.78, 5) is 4.20. The summed E-state index contributed by atoms with van der Waals surface area (Å²) in [6.07, 6.45) is -4.39. The molecule has 108 valence electrons. The minimum Gasteiger partial charge on any atom is -0.507 e. The van der Waals surface area contributed by atoms with E-state index in [1.54, 1.807) is 12.1 Å². The molecule has 0 radical (unpaired) electrons. The van der Waals surface area contributed by atoms with E-state index in [4.69, 9.17) is 0 Å². The predicted octanol–water partition coefficient (Wildman–Crippen LogP) is 5.45. The number of halogens is 4. The SMILES string of the molecule is Oc1ccc(Br)cc1-c1nc2cc(C(F)(F)F)ccc2s1. The Hall–Kier alpha value is -1.60. The monoisotopic (exact) mass is 373 g/mol. The molecule has 1 N–H and O–H groups in total. The maximum Gasteiger partial charge on any atom is 0.416 e. The van der Waals surface area contributed by atoms with Crippen LogP contribution in [-0.2, 0) is 6.18 Å². The summed E-state index contributed by atoms with van der Waals surface area (Å²) in [6.45, 7) is 0. The largest absolute Gasteiger partial charge is 0.507 e. The van der Waals surface area contributed by atoms with Crippen LogP contribution in [0.5, 0.6) is 5.75 Å². The minimum absolute atomic E-state index is 0.0355. The van der Waals surface area contributed by atoms with E-state index in [1.807, 2.05) is 0 Å². The fourth-order valence-electron chi connectivity index (χ4n) is 1.90. The Bertz CT molecular complexity index is 829. The highest BCUT2D eigenvalue weighted by molar-refractivity contribution is 9.10. The third-order valence-electron chi connectivity index (χ3n) is 2.90. The molecule has 1 heterocycles. The topological polar surface area (TPSA) is 33.1 Å². The van der Waals surface area contributed by atoms with Gasteiger partial charge in [0.1, 0.15) is 10.8 Å². The number of fused-ring (bicyclic) bond motifs is 1. The van der Waals surface area contributed by atoms with Gasteiger partial charge in [0, 0.05) is 4.47 Å². The molecule has 7 heteroatoms. The summed E-state index contributed by atoms with van der Waals surface area (Å²) in [5, 5.41) is 10.3. The van der Waals surface area contributed by atoms with Gasteiger partial charge in [-0.05, 0) is 36.4 Å². The van der Waals surface area contributed by atoms with Gasteiger partial charge in [-0.25, -0.2) is 4.98 Å². The zero-order valence-electron chi connectivity index (χ0n) is 10.3. The normalized spacial score (nSPS) is 12.0. The second-order valence-electron chi connectivity index (χ2n) is 4.36. The number of hydrogen-bond acceptors (Lipinski definition) is 3. The van der Waals surface area contributed by atoms with Crippen molar-refractivity contribution in [3.8, 4) is 16.3 Å². The molecular formula is C14H7BrF3NOS. The molecule has 0 aliphatic rings. The molecule has 1 aromatic heterocycles. The van der Waals surface area contributed by atoms with E-state index in [0.29, 0.717) is 15.3 Å². The Labute approximate surface area is 130 Å². The van der Waals surface area contributed by atoms with E-state index in [2.05, 4.69) is 20.9 Å². The number of phenols is 1. The van der Waals surface area contributed by atoms with Gasteiger partial charge < -0.3 is 5.11 Å². The van der Waals surface area contributed by atoms with Crippen molar-refractivity contribution in [1.29, 1.82) is 0 Å². The van der Waals surface area contributed by atoms with E-state index >= 15 is 0 Å². The molecule has 0 saturated heterocycles. The van der Waals surface area contributed by atoms with Crippen LogP contribution in [0.4, 0.5) is 13.2 Å². The van der Waals surface area contributed by atoms with Crippen molar-refractivity contribution < 1.29 is 18.3 Å². The van der Waals surface area contributed by atoms with Crippen LogP contribution < -0.4 is 0 Å². The zero-order chi connectivity index (χ0) is 15.2. The Morgan fingerprint density at radius 3 is 2.57 bits per heavy atom. The fraction of sp³-hybridized carbons (Fsp3) is 0.0714. The van der Waals surface area contributed by atoms with Gasteiger partial charge in [-0.3, -0.25) is 0 Å². The quantitative estimate of drug-likeness (QED) is 0.615. The van der Waals surface area contributed by atoms with E-state index in [1.165, 1.54) is 23.5 Å². The number of phenolic OH excluding ortho intramolecular Hbond substituents is 1. The third kappa shape index (κ3) is 2.75. The number of nitrogens with zero attached hydrogens (tertiary/aromatic N) is 1. The fourth-order valence-corrected chi connectivity index (χ4v) is 3.23. The van der Waals surface area contributed by atoms with Crippen LogP contribution in [0.25, 0.3) is 20.8 Å². The highest BCUT2D eigenvalue weighted by atomic mass is 79.9. The number of rotatable bonds is 1. The summed E-state index contributed by atoms with van der Waals surface area (Å²) < 4.78 is 39.5. The van der Waals surface area contributed by atoms with Gasteiger partial charge in [-0.1, -0.05) is 15.9 Å². The van der Waals surface area contributed by atoms with E-state index in [-0.39, 0.29) is 11.3 Å². The number of aromatic hydroxyl groups is 1. The predicted molar refractivity (Wildman–Crippen MR) is 79.4 cm³/mol. The van der Waals surface area contributed by atoms with Gasteiger partial charge in [0.05, 0.1) is 21.3 Å². The van der Waals surface area contributed by atoms with Gasteiger partial charge in [-0.15, -0.1) is 11.3 Å². The van der Waals surface area contributed by atoms with Crippen LogP contribution in [-0.4, -0.2) is 10.1 Å². The lowest BCUT2D eigenvalue weighted by Gasteiger charge is -2.04. The molecule has 0 fully saturated rings. The minimum atomic E-state index is -4.39. The molecule has 0 atom stereocenters. The highest BCUT2D eigenvalue weighted by Gasteiger charge is 2.30. The summed E-state index contributed by atoms with van der Waals surface area (Å²) in [5.41, 5.74) is 0.0219. The van der Waals surface area contributed by atoms with Crippen molar-refractivity contribution in [2.24, 2.45) is 0 Å². The van der Waals surface area contributed by atoms with Gasteiger partial charge in [0.15, 0.2) is 0 Å². The number of aromatic nitrogens is 1. The smallest absolute Gasteiger partial charge is 0.416 e. The van der Waals surface area contributed by atoms with Crippen molar-refractivity contribution >= 4 is 37.5 Å². The molecule has 3 aromatic rings. The van der Waals surface area contributed by atoms with Gasteiger partial charge in [-0.2, -0.15) is 13.2 Å². The van der Waals surface area contributed by atoms with E-state index < -0.39 is 11.7 Å². The maximum atomic E-state index is 12.7. The average molecular weight is 374 g/mol. The number of hydrogen-bond donors (Lipinski definition) is 1. The summed E-state index contributed by atoms with van der Waals surface area (Å²) in [6, 6.07) is 8.31. The molecule has 0 unspecified atom stereocenters. The van der Waals surface area contributed by atoms with Gasteiger partial charge in [0.25, 0.3) is 0 Å². The van der Waals surface area contributed by atoms with Crippen LogP contribution in [0.3, 0.4) is 0 Å². The van der Waals surface area contributed by atoms with Crippen LogP contribution in [0.1, 0.15) is 5.56 Å². The lowest BCUT2D eigenvalue weighted by atomic mass is 10.2. The van der Waals surface area contributed by atoms with Crippen LogP contribution in [0.15, 0.2) is 40.9 Å². The molecule has 3 rings (SSSR count). The summed E-state index contributed by atoms with van der Waals surface area (Å²) in [7, 11) is 0. The second-order valence-corrected chi connectivity index (χ2v) is 6.31. The number of thiazole rings is 1. The average Bonchev–Trinajstić information content (AvgIpc) is 2.83. The third-order valence-corrected chi connectivity index (χ3v) is 4.47. The molecule has 0 amide bonds. The molecule has 0 aliphatic heterocycles. The van der Waals surface area contributed by atoms with Crippen LogP contribution in [0.2, 0.25) is 0 Å². The molecule has 0 bridgehead atoms. The van der Waals surface area contributed by atoms with Gasteiger partial charge in [0.2, 0.25) is 0 Å². The second kappa shape index (κ2) is 4.99. The standard InChI is InChI=1S/C14H7BrF3NOS/c15-8-2-3-11(20)9(6-8)13-19-10-5-7(14(16,17)18)1-4-12(10)21-13/h1-6,20H. The van der Waals surface area contributed by atoms with Crippen LogP contribution >= 0.6 is 27.3 Å². The van der Waals surface area contributed by atoms with Crippen molar-refractivity contribution in [3.63, 3.8) is 0 Å². The molecular weight excluding hydrogens is 367 g/mol. The van der Waals surface area contributed by atoms with Crippen molar-refractivity contribution in [3.05, 3.63) is 46.4 Å². The summed E-state index contributed by atoms with van der Waals surface area (Å²) >= 11 is 4.53.